The number of hydrogen-bond donors (Lipinski definition) is 0. The highest BCUT2D eigenvalue weighted by Crippen LogP contribution is 2.49. The Kier molecular flexibility index (Phi) is 5.62. The van der Waals surface area contributed by atoms with Gasteiger partial charge in [-0.05, 0) is 121 Å². The van der Waals surface area contributed by atoms with Crippen LogP contribution in [-0.4, -0.2) is 0 Å². The molecule has 0 atom stereocenters. The van der Waals surface area contributed by atoms with Crippen LogP contribution in [0.15, 0.2) is 150 Å². The lowest BCUT2D eigenvalue weighted by molar-refractivity contribution is 0.668. The summed E-state index contributed by atoms with van der Waals surface area (Å²) >= 11 is 0. The van der Waals surface area contributed by atoms with Crippen molar-refractivity contribution in [3.05, 3.63) is 168 Å². The summed E-state index contributed by atoms with van der Waals surface area (Å²) in [6.07, 6.45) is 12.5. The normalized spacial score (nSPS) is 14.8. The Hall–Kier alpha value is -5.92. The largest absolute Gasteiger partial charge is 0.456 e. The Labute approximate surface area is 292 Å². The van der Waals surface area contributed by atoms with E-state index in [1.54, 1.807) is 0 Å². The van der Waals surface area contributed by atoms with Crippen LogP contribution in [0, 0.1) is 0 Å². The molecule has 2 aliphatic carbocycles. The van der Waals surface area contributed by atoms with Gasteiger partial charge in [-0.3, -0.25) is 0 Å². The van der Waals surface area contributed by atoms with Crippen molar-refractivity contribution in [3.63, 3.8) is 0 Å². The summed E-state index contributed by atoms with van der Waals surface area (Å²) < 4.78 is 43.0. The van der Waals surface area contributed by atoms with E-state index in [2.05, 4.69) is 85.0 Å². The summed E-state index contributed by atoms with van der Waals surface area (Å²) in [4.78, 5) is 0. The maximum Gasteiger partial charge on any atom is 0.136 e. The first kappa shape index (κ1) is 24.3. The quantitative estimate of drug-likeness (QED) is 0.189. The summed E-state index contributed by atoms with van der Waals surface area (Å²) in [5.41, 5.74) is 13.5. The Balaban J connectivity index is 1.28. The molecule has 0 saturated heterocycles. The molecular weight excluding hydrogens is 593 g/mol. The third kappa shape index (κ3) is 4.54. The van der Waals surface area contributed by atoms with E-state index in [0.717, 1.165) is 103 Å². The fourth-order valence-corrected chi connectivity index (χ4v) is 8.10. The molecule has 0 spiro atoms. The smallest absolute Gasteiger partial charge is 0.136 e. The highest BCUT2D eigenvalue weighted by molar-refractivity contribution is 6.19. The number of hydrogen-bond acceptors (Lipinski definition) is 1. The van der Waals surface area contributed by atoms with Crippen LogP contribution in [-0.2, 0) is 12.8 Å². The molecule has 0 unspecified atom stereocenters. The first-order chi connectivity index (χ1) is 26.0. The van der Waals surface area contributed by atoms with Gasteiger partial charge in [0.05, 0.1) is 5.48 Å². The van der Waals surface area contributed by atoms with E-state index >= 15 is 0 Å². The summed E-state index contributed by atoms with van der Waals surface area (Å²) in [5, 5.41) is 4.22. The van der Waals surface area contributed by atoms with Crippen LogP contribution in [0.3, 0.4) is 0 Å². The number of benzene rings is 7. The molecule has 1 heteroatoms. The van der Waals surface area contributed by atoms with Gasteiger partial charge in [0.2, 0.25) is 0 Å². The molecule has 8 aromatic rings. The molecule has 0 bridgehead atoms. The van der Waals surface area contributed by atoms with Crippen molar-refractivity contribution in [2.75, 3.05) is 0 Å². The van der Waals surface area contributed by atoms with E-state index in [1.807, 2.05) is 48.5 Å². The molecule has 7 aromatic carbocycles. The Morgan fingerprint density at radius 2 is 1.24 bits per heavy atom. The van der Waals surface area contributed by atoms with Crippen molar-refractivity contribution in [1.29, 1.82) is 0 Å². The van der Waals surface area contributed by atoms with Crippen molar-refractivity contribution in [3.8, 4) is 44.5 Å². The average molecular weight is 631 g/mol. The van der Waals surface area contributed by atoms with Crippen molar-refractivity contribution in [2.24, 2.45) is 0 Å². The third-order valence-corrected chi connectivity index (χ3v) is 10.3. The van der Waals surface area contributed by atoms with Gasteiger partial charge >= 0.3 is 0 Å². The second-order valence-electron chi connectivity index (χ2n) is 13.1. The monoisotopic (exact) mass is 630 g/mol. The predicted octanol–water partition coefficient (Wildman–Crippen LogP) is 13.3. The summed E-state index contributed by atoms with van der Waals surface area (Å²) in [7, 11) is 0. The molecule has 10 rings (SSSR count). The molecule has 1 aromatic heterocycles. The Morgan fingerprint density at radius 1 is 0.531 bits per heavy atom. The van der Waals surface area contributed by atoms with Crippen molar-refractivity contribution >= 4 is 44.9 Å². The van der Waals surface area contributed by atoms with Gasteiger partial charge in [-0.2, -0.15) is 0 Å². The second kappa shape index (κ2) is 11.4. The molecule has 1 heterocycles. The fourth-order valence-electron chi connectivity index (χ4n) is 8.10. The standard InChI is InChI=1S/C48H34O/c1-2-13-31(14-3-1)32-25-27-33(28-26-32)36-17-6-7-18-37(36)46-38-19-8-10-21-40(38)47(41-22-11-9-20-39(41)46)42-23-12-24-44-48(42)43-29-34-15-4-5-16-35(34)30-45(43)49-44/h1-3,5-8,10-14,16-19,21-30H,4,9,15,20H2/i6D,7D,17D,18D. The van der Waals surface area contributed by atoms with Crippen molar-refractivity contribution < 1.29 is 9.90 Å². The minimum atomic E-state index is -0.230. The maximum absolute atomic E-state index is 9.48. The highest BCUT2D eigenvalue weighted by Gasteiger charge is 2.25. The highest BCUT2D eigenvalue weighted by atomic mass is 16.3. The zero-order chi connectivity index (χ0) is 35.8. The topological polar surface area (TPSA) is 13.1 Å². The SMILES string of the molecule is [2H]c1c([2H])c([2H])c(-c2c3c(c(-c4cccc5oc6cc7c(cc6c45)CCC=C7)c4ccccc24)C=CCC3)c(-c2ccc(-c3ccccc3)cc2)c1[2H]. The molecule has 0 aliphatic heterocycles. The van der Waals surface area contributed by atoms with Gasteiger partial charge in [0.1, 0.15) is 11.2 Å². The summed E-state index contributed by atoms with van der Waals surface area (Å²) in [5.74, 6) is 0. The Bertz CT molecular complexity index is 2860. The van der Waals surface area contributed by atoms with E-state index in [4.69, 9.17) is 7.16 Å². The molecule has 0 amide bonds. The average Bonchev–Trinajstić information content (AvgIpc) is 3.58. The van der Waals surface area contributed by atoms with Crippen LogP contribution in [0.4, 0.5) is 0 Å². The first-order valence-electron chi connectivity index (χ1n) is 19.1. The molecule has 0 saturated carbocycles. The minimum Gasteiger partial charge on any atom is -0.456 e. The van der Waals surface area contributed by atoms with E-state index < -0.39 is 0 Å². The van der Waals surface area contributed by atoms with Gasteiger partial charge in [-0.1, -0.05) is 139 Å². The number of allylic oxidation sites excluding steroid dienone is 2. The van der Waals surface area contributed by atoms with Crippen molar-refractivity contribution in [1.82, 2.24) is 0 Å². The fraction of sp³-hybridized carbons (Fsp3) is 0.0833. The van der Waals surface area contributed by atoms with Crippen LogP contribution >= 0.6 is 0 Å². The van der Waals surface area contributed by atoms with Crippen LogP contribution < -0.4 is 0 Å². The van der Waals surface area contributed by atoms with Gasteiger partial charge < -0.3 is 4.42 Å². The molecule has 49 heavy (non-hydrogen) atoms. The zero-order valence-electron chi connectivity index (χ0n) is 30.9. The van der Waals surface area contributed by atoms with Crippen LogP contribution in [0.1, 0.15) is 40.6 Å². The molecule has 0 radical (unpaired) electrons. The molecular formula is C48H34O. The van der Waals surface area contributed by atoms with Crippen LogP contribution in [0.2, 0.25) is 0 Å². The molecule has 2 aliphatic rings. The van der Waals surface area contributed by atoms with E-state index in [0.29, 0.717) is 11.1 Å². The molecule has 0 N–H and O–H groups in total. The van der Waals surface area contributed by atoms with Gasteiger partial charge in [-0.15, -0.1) is 0 Å². The Morgan fingerprint density at radius 3 is 2.10 bits per heavy atom. The summed E-state index contributed by atoms with van der Waals surface area (Å²) in [6, 6.07) is 36.9. The predicted molar refractivity (Wildman–Crippen MR) is 208 cm³/mol. The molecule has 1 nitrogen and oxygen atoms in total. The van der Waals surface area contributed by atoms with Gasteiger partial charge in [0.15, 0.2) is 0 Å². The lowest BCUT2D eigenvalue weighted by atomic mass is 9.78. The lowest BCUT2D eigenvalue weighted by Gasteiger charge is -2.25. The number of fused-ring (bicyclic) bond motifs is 6. The van der Waals surface area contributed by atoms with Crippen LogP contribution in [0.25, 0.3) is 89.4 Å². The van der Waals surface area contributed by atoms with Crippen molar-refractivity contribution in [2.45, 2.75) is 25.7 Å². The third-order valence-electron chi connectivity index (χ3n) is 10.3. The number of rotatable bonds is 4. The van der Waals surface area contributed by atoms with Gasteiger partial charge in [0, 0.05) is 10.8 Å². The minimum absolute atomic E-state index is 0.0236. The lowest BCUT2D eigenvalue weighted by Crippen LogP contribution is -2.03. The van der Waals surface area contributed by atoms with E-state index in [-0.39, 0.29) is 24.2 Å². The maximum atomic E-state index is 9.48. The zero-order valence-corrected chi connectivity index (χ0v) is 26.9. The van der Waals surface area contributed by atoms with E-state index in [9.17, 15) is 2.74 Å². The van der Waals surface area contributed by atoms with Gasteiger partial charge in [0.25, 0.3) is 0 Å². The number of furan rings is 1. The van der Waals surface area contributed by atoms with Gasteiger partial charge in [-0.25, -0.2) is 0 Å². The van der Waals surface area contributed by atoms with E-state index in [1.165, 1.54) is 11.1 Å². The number of aryl methyl sites for hydroxylation is 1. The second-order valence-corrected chi connectivity index (χ2v) is 13.1. The molecule has 232 valence electrons. The van der Waals surface area contributed by atoms with Crippen LogP contribution in [0.5, 0.6) is 0 Å². The first-order valence-corrected chi connectivity index (χ1v) is 17.1. The molecule has 0 fully saturated rings. The summed E-state index contributed by atoms with van der Waals surface area (Å²) in [6.45, 7) is 0.